The van der Waals surface area contributed by atoms with Gasteiger partial charge < -0.3 is 14.6 Å². The number of rotatable bonds is 5. The van der Waals surface area contributed by atoms with Crippen molar-refractivity contribution < 1.29 is 4.42 Å². The molecular weight excluding hydrogens is 312 g/mol. The second kappa shape index (κ2) is 7.87. The summed E-state index contributed by atoms with van der Waals surface area (Å²) in [5.74, 6) is 1.55. The van der Waals surface area contributed by atoms with E-state index in [9.17, 15) is 0 Å². The monoisotopic (exact) mass is 330 g/mol. The van der Waals surface area contributed by atoms with E-state index < -0.39 is 0 Å². The van der Waals surface area contributed by atoms with Crippen LogP contribution in [0.5, 0.6) is 0 Å². The Kier molecular flexibility index (Phi) is 5.86. The Morgan fingerprint density at radius 2 is 1.95 bits per heavy atom. The van der Waals surface area contributed by atoms with Crippen LogP contribution in [0.25, 0.3) is 17.4 Å². The lowest BCUT2D eigenvalue weighted by Gasteiger charge is -2.18. The molecule has 0 saturated carbocycles. The second-order valence-corrected chi connectivity index (χ2v) is 5.35. The molecule has 0 aliphatic rings. The molecular formula is C17H18N2OS2. The number of benzene rings is 1. The molecule has 1 aromatic heterocycles. The highest BCUT2D eigenvalue weighted by Crippen LogP contribution is 2.22. The Hall–Kier alpha value is -1.98. The summed E-state index contributed by atoms with van der Waals surface area (Å²) >= 11 is 10.3. The quantitative estimate of drug-likeness (QED) is 0.658. The fourth-order valence-electron chi connectivity index (χ4n) is 1.80. The molecule has 0 radical (unpaired) electrons. The third-order valence-electron chi connectivity index (χ3n) is 3.18. The lowest BCUT2D eigenvalue weighted by molar-refractivity contribution is 0.530. The maximum Gasteiger partial charge on any atom is 0.173 e. The van der Waals surface area contributed by atoms with E-state index in [1.165, 1.54) is 0 Å². The van der Waals surface area contributed by atoms with Crippen molar-refractivity contribution in [1.82, 2.24) is 10.2 Å². The van der Waals surface area contributed by atoms with E-state index in [0.29, 0.717) is 5.11 Å². The predicted molar refractivity (Wildman–Crippen MR) is 99.8 cm³/mol. The van der Waals surface area contributed by atoms with Gasteiger partial charge in [0, 0.05) is 30.6 Å². The topological polar surface area (TPSA) is 28.4 Å². The molecule has 114 valence electrons. The van der Waals surface area contributed by atoms with Crippen LogP contribution in [0.2, 0.25) is 0 Å². The molecule has 5 heteroatoms. The highest BCUT2D eigenvalue weighted by molar-refractivity contribution is 7.80. The number of allylic oxidation sites excluding steroid dienone is 1. The van der Waals surface area contributed by atoms with E-state index in [1.807, 2.05) is 67.4 Å². The van der Waals surface area contributed by atoms with Gasteiger partial charge in [-0.1, -0.05) is 42.5 Å². The summed E-state index contributed by atoms with van der Waals surface area (Å²) in [5.41, 5.74) is 1.77. The van der Waals surface area contributed by atoms with Crippen molar-refractivity contribution in [3.63, 3.8) is 0 Å². The SMILES string of the molecule is CCN(C)C(=S)N/C(C=S)=C\c1ccc(-c2ccccc2)o1. The Balaban J connectivity index is 2.15. The minimum atomic E-state index is 0.629. The van der Waals surface area contributed by atoms with Gasteiger partial charge in [0.15, 0.2) is 5.11 Å². The van der Waals surface area contributed by atoms with Crippen LogP contribution in [0.15, 0.2) is 52.6 Å². The van der Waals surface area contributed by atoms with Gasteiger partial charge in [0.2, 0.25) is 0 Å². The molecule has 1 aromatic carbocycles. The largest absolute Gasteiger partial charge is 0.457 e. The molecule has 22 heavy (non-hydrogen) atoms. The molecule has 2 rings (SSSR count). The minimum absolute atomic E-state index is 0.629. The van der Waals surface area contributed by atoms with Crippen LogP contribution in [-0.2, 0) is 0 Å². The van der Waals surface area contributed by atoms with Gasteiger partial charge in [-0.2, -0.15) is 0 Å². The third-order valence-corrected chi connectivity index (χ3v) is 3.85. The summed E-state index contributed by atoms with van der Waals surface area (Å²) in [6.45, 7) is 2.86. The normalized spacial score (nSPS) is 11.1. The molecule has 0 fully saturated rings. The van der Waals surface area contributed by atoms with Crippen molar-refractivity contribution in [1.29, 1.82) is 0 Å². The standard InChI is InChI=1S/C17H18N2OS2/c1-3-19(2)17(22)18-14(12-21)11-15-9-10-16(20-15)13-7-5-4-6-8-13/h4-12H,3H2,1-2H3,(H,18,22)/b14-11-. The van der Waals surface area contributed by atoms with E-state index in [1.54, 1.807) is 5.37 Å². The van der Waals surface area contributed by atoms with Crippen LogP contribution in [-0.4, -0.2) is 29.0 Å². The number of furan rings is 1. The lowest BCUT2D eigenvalue weighted by atomic mass is 10.2. The maximum absolute atomic E-state index is 5.83. The molecule has 0 atom stereocenters. The Bertz CT molecular complexity index is 677. The molecule has 0 aliphatic heterocycles. The number of nitrogens with zero attached hydrogens (tertiary/aromatic N) is 1. The fraction of sp³-hybridized carbons (Fsp3) is 0.176. The van der Waals surface area contributed by atoms with Crippen molar-refractivity contribution in [2.75, 3.05) is 13.6 Å². The number of thiocarbonyl (C=S) groups is 2. The van der Waals surface area contributed by atoms with Crippen LogP contribution >= 0.6 is 24.4 Å². The van der Waals surface area contributed by atoms with Crippen LogP contribution in [0.3, 0.4) is 0 Å². The molecule has 0 unspecified atom stereocenters. The Morgan fingerprint density at radius 3 is 2.59 bits per heavy atom. The summed E-state index contributed by atoms with van der Waals surface area (Å²) < 4.78 is 5.83. The van der Waals surface area contributed by atoms with Gasteiger partial charge >= 0.3 is 0 Å². The summed E-state index contributed by atoms with van der Waals surface area (Å²) in [6, 6.07) is 13.8. The van der Waals surface area contributed by atoms with Crippen molar-refractivity contribution in [2.24, 2.45) is 0 Å². The first kappa shape index (κ1) is 16.4. The van der Waals surface area contributed by atoms with Gasteiger partial charge in [-0.25, -0.2) is 0 Å². The van der Waals surface area contributed by atoms with Crippen molar-refractivity contribution in [2.45, 2.75) is 6.92 Å². The van der Waals surface area contributed by atoms with E-state index in [2.05, 4.69) is 5.32 Å². The summed E-state index contributed by atoms with van der Waals surface area (Å²) in [6.07, 6.45) is 1.84. The first-order valence-corrected chi connectivity index (χ1v) is 7.86. The van der Waals surface area contributed by atoms with Gasteiger partial charge in [0.1, 0.15) is 11.5 Å². The van der Waals surface area contributed by atoms with Gasteiger partial charge in [0.05, 0.1) is 5.70 Å². The molecule has 0 saturated heterocycles. The minimum Gasteiger partial charge on any atom is -0.457 e. The Morgan fingerprint density at radius 1 is 1.23 bits per heavy atom. The Labute approximate surface area is 141 Å². The fourth-order valence-corrected chi connectivity index (χ4v) is 2.18. The molecule has 3 nitrogen and oxygen atoms in total. The van der Waals surface area contributed by atoms with Crippen molar-refractivity contribution in [3.05, 3.63) is 53.9 Å². The molecule has 0 bridgehead atoms. The highest BCUT2D eigenvalue weighted by atomic mass is 32.1. The summed E-state index contributed by atoms with van der Waals surface area (Å²) in [4.78, 5) is 1.93. The number of nitrogens with one attached hydrogen (secondary N) is 1. The number of hydrogen-bond donors (Lipinski definition) is 1. The molecule has 1 N–H and O–H groups in total. The zero-order chi connectivity index (χ0) is 15.9. The van der Waals surface area contributed by atoms with Crippen LogP contribution in [0.4, 0.5) is 0 Å². The first-order valence-electron chi connectivity index (χ1n) is 6.98. The zero-order valence-corrected chi connectivity index (χ0v) is 14.2. The summed E-state index contributed by atoms with van der Waals surface area (Å²) in [5, 5.41) is 5.30. The third kappa shape index (κ3) is 4.26. The summed E-state index contributed by atoms with van der Waals surface area (Å²) in [7, 11) is 1.93. The average molecular weight is 330 g/mol. The van der Waals surface area contributed by atoms with E-state index in [-0.39, 0.29) is 0 Å². The van der Waals surface area contributed by atoms with Crippen LogP contribution in [0.1, 0.15) is 12.7 Å². The number of hydrogen-bond acceptors (Lipinski definition) is 3. The van der Waals surface area contributed by atoms with Gasteiger partial charge in [-0.15, -0.1) is 0 Å². The maximum atomic E-state index is 5.83. The van der Waals surface area contributed by atoms with Gasteiger partial charge in [0.25, 0.3) is 0 Å². The van der Waals surface area contributed by atoms with Crippen molar-refractivity contribution >= 4 is 41.0 Å². The van der Waals surface area contributed by atoms with Gasteiger partial charge in [-0.05, 0) is 31.3 Å². The average Bonchev–Trinajstić information content (AvgIpc) is 3.02. The van der Waals surface area contributed by atoms with Crippen LogP contribution < -0.4 is 5.32 Å². The van der Waals surface area contributed by atoms with E-state index >= 15 is 0 Å². The zero-order valence-electron chi connectivity index (χ0n) is 12.6. The molecule has 0 aliphatic carbocycles. The van der Waals surface area contributed by atoms with E-state index in [0.717, 1.165) is 29.3 Å². The molecule has 0 spiro atoms. The predicted octanol–water partition coefficient (Wildman–Crippen LogP) is 4.11. The van der Waals surface area contributed by atoms with Crippen molar-refractivity contribution in [3.8, 4) is 11.3 Å². The second-order valence-electron chi connectivity index (χ2n) is 4.73. The lowest BCUT2D eigenvalue weighted by Crippen LogP contribution is -2.36. The molecule has 0 amide bonds. The molecule has 1 heterocycles. The first-order chi connectivity index (χ1) is 10.6. The van der Waals surface area contributed by atoms with E-state index in [4.69, 9.17) is 28.9 Å². The smallest absolute Gasteiger partial charge is 0.173 e. The van der Waals surface area contributed by atoms with Crippen LogP contribution in [0, 0.1) is 0 Å². The highest BCUT2D eigenvalue weighted by Gasteiger charge is 2.06. The van der Waals surface area contributed by atoms with Gasteiger partial charge in [-0.3, -0.25) is 0 Å². The molecule has 2 aromatic rings.